The molecule has 1 aromatic heterocycles. The Hall–Kier alpha value is -2.74. The fourth-order valence-electron chi connectivity index (χ4n) is 7.26. The lowest BCUT2D eigenvalue weighted by atomic mass is 9.79. The van der Waals surface area contributed by atoms with Gasteiger partial charge in [0.05, 0.1) is 11.0 Å². The van der Waals surface area contributed by atoms with Crippen LogP contribution in [0.4, 0.5) is 0 Å². The number of hydrogen-bond acceptors (Lipinski definition) is 6. The Morgan fingerprint density at radius 1 is 0.921 bits per heavy atom. The van der Waals surface area contributed by atoms with Gasteiger partial charge in [0.25, 0.3) is 5.56 Å². The molecule has 1 aliphatic carbocycles. The van der Waals surface area contributed by atoms with Gasteiger partial charge in [0, 0.05) is 24.2 Å². The summed E-state index contributed by atoms with van der Waals surface area (Å²) in [5.41, 5.74) is 1.97. The van der Waals surface area contributed by atoms with Crippen molar-refractivity contribution in [3.05, 3.63) is 40.3 Å². The Bertz CT molecular complexity index is 1180. The third-order valence-corrected chi connectivity index (χ3v) is 8.89. The minimum absolute atomic E-state index is 0.105. The largest absolute Gasteiger partial charge is 0.479 e. The van der Waals surface area contributed by atoms with Gasteiger partial charge in [-0.2, -0.15) is 0 Å². The van der Waals surface area contributed by atoms with Crippen LogP contribution in [0.2, 0.25) is 0 Å². The Balaban J connectivity index is 1.45. The van der Waals surface area contributed by atoms with Crippen molar-refractivity contribution in [3.8, 4) is 0 Å². The highest BCUT2D eigenvalue weighted by Crippen LogP contribution is 2.42. The van der Waals surface area contributed by atoms with E-state index in [2.05, 4.69) is 15.0 Å². The quantitative estimate of drug-likeness (QED) is 0.388. The molecule has 2 atom stereocenters. The van der Waals surface area contributed by atoms with Gasteiger partial charge < -0.3 is 14.5 Å². The molecular formula is C30H42N4O4. The minimum atomic E-state index is -1.11. The van der Waals surface area contributed by atoms with Gasteiger partial charge in [0.2, 0.25) is 6.61 Å². The summed E-state index contributed by atoms with van der Waals surface area (Å²) < 4.78 is 1.96. The second-order valence-corrected chi connectivity index (χ2v) is 11.5. The smallest absolute Gasteiger partial charge is 0.344 e. The number of aliphatic carboxylic acids is 1. The van der Waals surface area contributed by atoms with Crippen molar-refractivity contribution < 1.29 is 14.7 Å². The molecule has 1 N–H and O–H groups in total. The van der Waals surface area contributed by atoms with E-state index in [0.717, 1.165) is 23.9 Å². The molecule has 206 valence electrons. The van der Waals surface area contributed by atoms with Gasteiger partial charge >= 0.3 is 5.97 Å². The third kappa shape index (κ3) is 5.95. The van der Waals surface area contributed by atoms with Crippen molar-refractivity contribution in [2.75, 3.05) is 6.61 Å². The lowest BCUT2D eigenvalue weighted by molar-refractivity contribution is -0.142. The number of nitrogens with zero attached hydrogens (tertiary/aromatic N) is 4. The van der Waals surface area contributed by atoms with Crippen LogP contribution in [-0.4, -0.2) is 56.0 Å². The van der Waals surface area contributed by atoms with E-state index in [1.165, 1.54) is 77.0 Å². The van der Waals surface area contributed by atoms with Crippen LogP contribution < -0.4 is 5.56 Å². The second-order valence-electron chi connectivity index (χ2n) is 11.5. The molecule has 1 saturated carbocycles. The van der Waals surface area contributed by atoms with Gasteiger partial charge in [-0.05, 0) is 57.6 Å². The lowest BCUT2D eigenvalue weighted by Crippen LogP contribution is -2.57. The third-order valence-electron chi connectivity index (χ3n) is 8.89. The van der Waals surface area contributed by atoms with Crippen LogP contribution in [0.25, 0.3) is 11.0 Å². The summed E-state index contributed by atoms with van der Waals surface area (Å²) in [7, 11) is 0. The monoisotopic (exact) mass is 522 g/mol. The van der Waals surface area contributed by atoms with Gasteiger partial charge in [-0.25, -0.2) is 9.78 Å². The van der Waals surface area contributed by atoms with Crippen LogP contribution in [0.1, 0.15) is 109 Å². The number of fused-ring (bicyclic) bond motifs is 3. The Labute approximate surface area is 225 Å². The SMILES string of the molecule is CC(=NOCC(=O)O)c1nc2ccccc2n(C2CC3CCCC(C2)N3C2CCCCCCCCC2)c1=O. The van der Waals surface area contributed by atoms with E-state index in [-0.39, 0.29) is 17.3 Å². The maximum atomic E-state index is 13.9. The van der Waals surface area contributed by atoms with Crippen molar-refractivity contribution in [3.63, 3.8) is 0 Å². The molecule has 0 amide bonds. The molecule has 8 heteroatoms. The number of oxime groups is 1. The van der Waals surface area contributed by atoms with Gasteiger partial charge in [-0.3, -0.25) is 9.69 Å². The van der Waals surface area contributed by atoms with Gasteiger partial charge in [-0.15, -0.1) is 0 Å². The summed E-state index contributed by atoms with van der Waals surface area (Å²) in [6, 6.07) is 9.61. The Morgan fingerprint density at radius 3 is 2.18 bits per heavy atom. The van der Waals surface area contributed by atoms with E-state index in [9.17, 15) is 9.59 Å². The van der Waals surface area contributed by atoms with Gasteiger partial charge in [0.1, 0.15) is 5.71 Å². The van der Waals surface area contributed by atoms with Crippen molar-refractivity contribution in [2.45, 2.75) is 121 Å². The van der Waals surface area contributed by atoms with Crippen molar-refractivity contribution >= 4 is 22.7 Å². The zero-order chi connectivity index (χ0) is 26.5. The normalized spacial score (nSPS) is 26.2. The van der Waals surface area contributed by atoms with Gasteiger partial charge in [0.15, 0.2) is 5.69 Å². The Morgan fingerprint density at radius 2 is 1.53 bits per heavy atom. The summed E-state index contributed by atoms with van der Waals surface area (Å²) in [6.45, 7) is 1.10. The fourth-order valence-corrected chi connectivity index (χ4v) is 7.26. The topological polar surface area (TPSA) is 97.0 Å². The molecule has 38 heavy (non-hydrogen) atoms. The maximum Gasteiger partial charge on any atom is 0.344 e. The summed E-state index contributed by atoms with van der Waals surface area (Å²) >= 11 is 0. The molecule has 2 bridgehead atoms. The first-order valence-corrected chi connectivity index (χ1v) is 14.7. The molecule has 2 aliphatic heterocycles. The molecule has 0 spiro atoms. The highest BCUT2D eigenvalue weighted by atomic mass is 16.6. The van der Waals surface area contributed by atoms with E-state index < -0.39 is 12.6 Å². The Kier molecular flexibility index (Phi) is 8.77. The van der Waals surface area contributed by atoms with E-state index in [0.29, 0.717) is 23.8 Å². The second kappa shape index (κ2) is 12.4. The maximum absolute atomic E-state index is 13.9. The number of carbonyl (C=O) groups is 1. The number of aromatic nitrogens is 2. The van der Waals surface area contributed by atoms with Crippen LogP contribution >= 0.6 is 0 Å². The highest BCUT2D eigenvalue weighted by molar-refractivity contribution is 5.97. The van der Waals surface area contributed by atoms with E-state index in [1.807, 2.05) is 28.8 Å². The summed E-state index contributed by atoms with van der Waals surface area (Å²) in [4.78, 5) is 37.2. The number of hydrogen-bond donors (Lipinski definition) is 1. The molecule has 1 aromatic carbocycles. The van der Waals surface area contributed by atoms with Crippen LogP contribution in [0.3, 0.4) is 0 Å². The number of carboxylic acids is 1. The van der Waals surface area contributed by atoms with Crippen molar-refractivity contribution in [2.24, 2.45) is 5.16 Å². The first-order valence-electron chi connectivity index (χ1n) is 14.7. The van der Waals surface area contributed by atoms with Crippen LogP contribution in [0.5, 0.6) is 0 Å². The molecule has 3 fully saturated rings. The molecule has 5 rings (SSSR count). The molecule has 2 unspecified atom stereocenters. The lowest BCUT2D eigenvalue weighted by Gasteiger charge is -2.53. The average molecular weight is 523 g/mol. The van der Waals surface area contributed by atoms with Crippen molar-refractivity contribution in [1.29, 1.82) is 0 Å². The highest BCUT2D eigenvalue weighted by Gasteiger charge is 2.42. The average Bonchev–Trinajstić information content (AvgIpc) is 2.90. The van der Waals surface area contributed by atoms with Crippen LogP contribution in [0, 0.1) is 0 Å². The predicted octanol–water partition coefficient (Wildman–Crippen LogP) is 5.67. The summed E-state index contributed by atoms with van der Waals surface area (Å²) in [6.07, 6.45) is 17.8. The van der Waals surface area contributed by atoms with Gasteiger partial charge in [-0.1, -0.05) is 68.7 Å². The molecule has 0 radical (unpaired) electrons. The molecule has 2 aromatic rings. The molecule has 3 aliphatic rings. The van der Waals surface area contributed by atoms with E-state index >= 15 is 0 Å². The first kappa shape index (κ1) is 26.9. The van der Waals surface area contributed by atoms with E-state index in [1.54, 1.807) is 6.92 Å². The van der Waals surface area contributed by atoms with Crippen LogP contribution in [0.15, 0.2) is 34.2 Å². The van der Waals surface area contributed by atoms with E-state index in [4.69, 9.17) is 9.94 Å². The zero-order valence-electron chi connectivity index (χ0n) is 22.7. The summed E-state index contributed by atoms with van der Waals surface area (Å²) in [5, 5.41) is 12.8. The first-order chi connectivity index (χ1) is 18.5. The molecule has 2 saturated heterocycles. The molecule has 3 heterocycles. The number of piperidine rings is 2. The number of rotatable bonds is 6. The minimum Gasteiger partial charge on any atom is -0.479 e. The number of carboxylic acid groups (broad SMARTS) is 1. The number of benzene rings is 1. The standard InChI is InChI=1S/C30H42N4O4/c1-21(32-38-20-28(35)36)29-30(37)34(27-17-10-9-16-26(27)31-29)25-18-23-14-11-15-24(19-25)33(23)22-12-7-5-3-2-4-6-8-13-22/h9-10,16-17,22-25H,2-8,11-15,18-20H2,1H3,(H,35,36). The zero-order valence-corrected chi connectivity index (χ0v) is 22.7. The van der Waals surface area contributed by atoms with Crippen molar-refractivity contribution in [1.82, 2.24) is 14.5 Å². The fraction of sp³-hybridized carbons (Fsp3) is 0.667. The number of para-hydroxylation sites is 2. The summed E-state index contributed by atoms with van der Waals surface area (Å²) in [5.74, 6) is -1.11. The molecular weight excluding hydrogens is 480 g/mol. The predicted molar refractivity (Wildman–Crippen MR) is 149 cm³/mol. The molecule has 8 nitrogen and oxygen atoms in total. The van der Waals surface area contributed by atoms with Crippen LogP contribution in [-0.2, 0) is 9.63 Å².